The van der Waals surface area contributed by atoms with Crippen molar-refractivity contribution in [2.24, 2.45) is 5.92 Å². The van der Waals surface area contributed by atoms with Crippen molar-refractivity contribution in [3.05, 3.63) is 0 Å². The van der Waals surface area contributed by atoms with Gasteiger partial charge < -0.3 is 10.4 Å². The largest absolute Gasteiger partial charge is 0.396 e. The van der Waals surface area contributed by atoms with Gasteiger partial charge >= 0.3 is 0 Å². The van der Waals surface area contributed by atoms with Crippen molar-refractivity contribution >= 4 is 5.91 Å². The molecule has 0 saturated heterocycles. The van der Waals surface area contributed by atoms with Crippen LogP contribution in [0.4, 0.5) is 0 Å². The van der Waals surface area contributed by atoms with Crippen LogP contribution in [-0.4, -0.2) is 48.2 Å². The summed E-state index contributed by atoms with van der Waals surface area (Å²) in [5.74, 6) is 0.608. The molecular weight excluding hydrogens is 216 g/mol. The van der Waals surface area contributed by atoms with Crippen LogP contribution in [0.15, 0.2) is 0 Å². The third-order valence-corrected chi connectivity index (χ3v) is 3.25. The van der Waals surface area contributed by atoms with Crippen molar-refractivity contribution in [1.29, 1.82) is 0 Å². The fraction of sp³-hybridized carbons (Fsp3) is 0.923. The number of nitrogens with zero attached hydrogens (tertiary/aromatic N) is 1. The Morgan fingerprint density at radius 2 is 2.18 bits per heavy atom. The Labute approximate surface area is 104 Å². The minimum atomic E-state index is 0.114. The van der Waals surface area contributed by atoms with Gasteiger partial charge in [-0.25, -0.2) is 0 Å². The number of carbonyl (C=O) groups excluding carboxylic acids is 1. The third kappa shape index (κ3) is 5.50. The molecule has 1 aliphatic rings. The molecule has 0 atom stereocenters. The highest BCUT2D eigenvalue weighted by Crippen LogP contribution is 2.24. The van der Waals surface area contributed by atoms with Crippen LogP contribution in [0.5, 0.6) is 0 Å². The van der Waals surface area contributed by atoms with Gasteiger partial charge in [0, 0.05) is 25.7 Å². The van der Waals surface area contributed by atoms with Crippen LogP contribution in [0.1, 0.15) is 39.5 Å². The van der Waals surface area contributed by atoms with Crippen molar-refractivity contribution in [3.63, 3.8) is 0 Å². The van der Waals surface area contributed by atoms with E-state index in [0.717, 1.165) is 19.5 Å². The van der Waals surface area contributed by atoms with Gasteiger partial charge in [0.15, 0.2) is 0 Å². The average Bonchev–Trinajstić information content (AvgIpc) is 2.20. The van der Waals surface area contributed by atoms with Crippen molar-refractivity contribution < 1.29 is 9.90 Å². The van der Waals surface area contributed by atoms with E-state index in [1.807, 2.05) is 0 Å². The summed E-state index contributed by atoms with van der Waals surface area (Å²) in [5.41, 5.74) is 0. The number of aliphatic hydroxyl groups excluding tert-OH is 1. The Kier molecular flexibility index (Phi) is 6.52. The lowest BCUT2D eigenvalue weighted by Crippen LogP contribution is -2.46. The first-order valence-corrected chi connectivity index (χ1v) is 6.75. The maximum atomic E-state index is 11.8. The zero-order chi connectivity index (χ0) is 12.7. The SMILES string of the molecule is CC(C)CNC(=O)CN(CCCO)C1CCC1. The van der Waals surface area contributed by atoms with E-state index >= 15 is 0 Å². The molecule has 0 radical (unpaired) electrons. The van der Waals surface area contributed by atoms with Gasteiger partial charge in [0.05, 0.1) is 6.54 Å². The van der Waals surface area contributed by atoms with Gasteiger partial charge in [-0.3, -0.25) is 9.69 Å². The molecule has 1 aliphatic carbocycles. The minimum Gasteiger partial charge on any atom is -0.396 e. The Balaban J connectivity index is 2.28. The van der Waals surface area contributed by atoms with Crippen LogP contribution in [0, 0.1) is 5.92 Å². The van der Waals surface area contributed by atoms with Gasteiger partial charge in [-0.1, -0.05) is 20.3 Å². The highest BCUT2D eigenvalue weighted by molar-refractivity contribution is 5.78. The monoisotopic (exact) mass is 242 g/mol. The fourth-order valence-corrected chi connectivity index (χ4v) is 1.97. The van der Waals surface area contributed by atoms with Crippen molar-refractivity contribution in [2.45, 2.75) is 45.6 Å². The minimum absolute atomic E-state index is 0.114. The van der Waals surface area contributed by atoms with Crippen LogP contribution in [0.3, 0.4) is 0 Å². The molecule has 4 nitrogen and oxygen atoms in total. The average molecular weight is 242 g/mol. The van der Waals surface area contributed by atoms with E-state index in [1.54, 1.807) is 0 Å². The number of hydrogen-bond donors (Lipinski definition) is 2. The molecule has 100 valence electrons. The number of hydrogen-bond acceptors (Lipinski definition) is 3. The summed E-state index contributed by atoms with van der Waals surface area (Å²) in [6.07, 6.45) is 4.42. The molecule has 0 heterocycles. The van der Waals surface area contributed by atoms with Crippen LogP contribution in [0.25, 0.3) is 0 Å². The Morgan fingerprint density at radius 3 is 2.65 bits per heavy atom. The number of carbonyl (C=O) groups is 1. The van der Waals surface area contributed by atoms with Gasteiger partial charge in [0.1, 0.15) is 0 Å². The normalized spacial score (nSPS) is 16.3. The van der Waals surface area contributed by atoms with Crippen molar-refractivity contribution in [3.8, 4) is 0 Å². The molecular formula is C13H26N2O2. The first-order chi connectivity index (χ1) is 8.13. The highest BCUT2D eigenvalue weighted by atomic mass is 16.3. The number of aliphatic hydroxyl groups is 1. The molecule has 0 spiro atoms. The zero-order valence-electron chi connectivity index (χ0n) is 11.1. The number of rotatable bonds is 8. The molecule has 0 aliphatic heterocycles. The molecule has 2 N–H and O–H groups in total. The summed E-state index contributed by atoms with van der Waals surface area (Å²) in [6, 6.07) is 0.561. The third-order valence-electron chi connectivity index (χ3n) is 3.25. The topological polar surface area (TPSA) is 52.6 Å². The highest BCUT2D eigenvalue weighted by Gasteiger charge is 2.25. The molecule has 1 rings (SSSR count). The van der Waals surface area contributed by atoms with Gasteiger partial charge in [-0.15, -0.1) is 0 Å². The lowest BCUT2D eigenvalue weighted by atomic mass is 9.91. The molecule has 17 heavy (non-hydrogen) atoms. The Morgan fingerprint density at radius 1 is 1.47 bits per heavy atom. The lowest BCUT2D eigenvalue weighted by molar-refractivity contribution is -0.123. The Bertz CT molecular complexity index is 227. The van der Waals surface area contributed by atoms with E-state index in [1.165, 1.54) is 19.3 Å². The first kappa shape index (κ1) is 14.5. The summed E-state index contributed by atoms with van der Waals surface area (Å²) in [6.45, 7) is 6.45. The summed E-state index contributed by atoms with van der Waals surface area (Å²) < 4.78 is 0. The van der Waals surface area contributed by atoms with Crippen LogP contribution >= 0.6 is 0 Å². The second-order valence-corrected chi connectivity index (χ2v) is 5.33. The molecule has 1 fully saturated rings. The van der Waals surface area contributed by atoms with E-state index in [2.05, 4.69) is 24.1 Å². The predicted octanol–water partition coefficient (Wildman–Crippen LogP) is 0.995. The van der Waals surface area contributed by atoms with E-state index in [9.17, 15) is 4.79 Å². The van der Waals surface area contributed by atoms with Gasteiger partial charge in [0.2, 0.25) is 5.91 Å². The fourth-order valence-electron chi connectivity index (χ4n) is 1.97. The van der Waals surface area contributed by atoms with E-state index in [0.29, 0.717) is 18.5 Å². The quantitative estimate of drug-likeness (QED) is 0.667. The van der Waals surface area contributed by atoms with Crippen molar-refractivity contribution in [1.82, 2.24) is 10.2 Å². The molecule has 1 amide bonds. The smallest absolute Gasteiger partial charge is 0.234 e. The molecule has 0 unspecified atom stereocenters. The van der Waals surface area contributed by atoms with Gasteiger partial charge in [-0.2, -0.15) is 0 Å². The molecule has 0 aromatic heterocycles. The first-order valence-electron chi connectivity index (χ1n) is 6.75. The number of amides is 1. The second-order valence-electron chi connectivity index (χ2n) is 5.33. The van der Waals surface area contributed by atoms with E-state index in [4.69, 9.17) is 5.11 Å². The summed E-state index contributed by atoms with van der Waals surface area (Å²) >= 11 is 0. The predicted molar refractivity (Wildman–Crippen MR) is 68.8 cm³/mol. The molecule has 1 saturated carbocycles. The maximum absolute atomic E-state index is 11.8. The number of nitrogens with one attached hydrogen (secondary N) is 1. The molecule has 4 heteroatoms. The van der Waals surface area contributed by atoms with E-state index < -0.39 is 0 Å². The molecule has 0 bridgehead atoms. The summed E-state index contributed by atoms with van der Waals surface area (Å²) in [4.78, 5) is 14.0. The van der Waals surface area contributed by atoms with E-state index in [-0.39, 0.29) is 12.5 Å². The van der Waals surface area contributed by atoms with Crippen LogP contribution in [0.2, 0.25) is 0 Å². The zero-order valence-corrected chi connectivity index (χ0v) is 11.1. The molecule has 0 aromatic carbocycles. The van der Waals surface area contributed by atoms with Crippen molar-refractivity contribution in [2.75, 3.05) is 26.2 Å². The Hall–Kier alpha value is -0.610. The summed E-state index contributed by atoms with van der Waals surface area (Å²) in [7, 11) is 0. The standard InChI is InChI=1S/C13H26N2O2/c1-11(2)9-14-13(17)10-15(7-4-8-16)12-5-3-6-12/h11-12,16H,3-10H2,1-2H3,(H,14,17). The molecule has 0 aromatic rings. The second kappa shape index (κ2) is 7.67. The van der Waals surface area contributed by atoms with Crippen LogP contribution < -0.4 is 5.32 Å². The lowest BCUT2D eigenvalue weighted by Gasteiger charge is -2.37. The maximum Gasteiger partial charge on any atom is 0.234 e. The summed E-state index contributed by atoms with van der Waals surface area (Å²) in [5, 5.41) is 11.8. The van der Waals surface area contributed by atoms with Crippen LogP contribution in [-0.2, 0) is 4.79 Å². The van der Waals surface area contributed by atoms with Gasteiger partial charge in [-0.05, 0) is 25.2 Å². The van der Waals surface area contributed by atoms with Gasteiger partial charge in [0.25, 0.3) is 0 Å².